The van der Waals surface area contributed by atoms with Crippen LogP contribution in [0.25, 0.3) is 0 Å². The van der Waals surface area contributed by atoms with Crippen LogP contribution in [0.2, 0.25) is 0 Å². The van der Waals surface area contributed by atoms with Gasteiger partial charge < -0.3 is 10.4 Å². The fraction of sp³-hybridized carbons (Fsp3) is 0.417. The number of nitrogens with one attached hydrogen (secondary N) is 1. The summed E-state index contributed by atoms with van der Waals surface area (Å²) in [7, 11) is 0. The first-order valence-electron chi connectivity index (χ1n) is 5.53. The van der Waals surface area contributed by atoms with Crippen LogP contribution in [0, 0.1) is 0 Å². The second kappa shape index (κ2) is 6.28. The zero-order valence-corrected chi connectivity index (χ0v) is 9.63. The lowest BCUT2D eigenvalue weighted by Gasteiger charge is -2.14. The molecule has 0 aliphatic rings. The summed E-state index contributed by atoms with van der Waals surface area (Å²) in [6, 6.07) is 5.23. The van der Waals surface area contributed by atoms with E-state index in [2.05, 4.69) is 5.32 Å². The predicted octanol–water partition coefficient (Wildman–Crippen LogP) is 3.37. The fourth-order valence-corrected chi connectivity index (χ4v) is 1.51. The van der Waals surface area contributed by atoms with Crippen molar-refractivity contribution in [1.29, 1.82) is 0 Å². The zero-order valence-electron chi connectivity index (χ0n) is 9.63. The molecule has 0 aromatic heterocycles. The van der Waals surface area contributed by atoms with Gasteiger partial charge in [0.2, 0.25) is 0 Å². The van der Waals surface area contributed by atoms with E-state index in [9.17, 15) is 18.0 Å². The number of anilines is 1. The van der Waals surface area contributed by atoms with Crippen molar-refractivity contribution in [2.24, 2.45) is 0 Å². The van der Waals surface area contributed by atoms with Gasteiger partial charge in [0.05, 0.1) is 5.56 Å². The van der Waals surface area contributed by atoms with E-state index in [1.165, 1.54) is 18.2 Å². The molecule has 1 rings (SSSR count). The number of hydrogen-bond acceptors (Lipinski definition) is 2. The molecule has 0 saturated heterocycles. The van der Waals surface area contributed by atoms with E-state index in [0.717, 1.165) is 6.07 Å². The number of benzene rings is 1. The van der Waals surface area contributed by atoms with Gasteiger partial charge in [0.15, 0.2) is 0 Å². The third-order valence-electron chi connectivity index (χ3n) is 2.37. The van der Waals surface area contributed by atoms with Crippen LogP contribution < -0.4 is 5.32 Å². The highest BCUT2D eigenvalue weighted by Gasteiger charge is 2.32. The molecular formula is C12H14F3NO2. The van der Waals surface area contributed by atoms with E-state index >= 15 is 0 Å². The van der Waals surface area contributed by atoms with Crippen molar-refractivity contribution < 1.29 is 23.1 Å². The topological polar surface area (TPSA) is 49.3 Å². The highest BCUT2D eigenvalue weighted by Crippen LogP contribution is 2.34. The van der Waals surface area contributed by atoms with Gasteiger partial charge in [-0.25, -0.2) is 0 Å². The number of para-hydroxylation sites is 1. The molecule has 3 nitrogen and oxygen atoms in total. The summed E-state index contributed by atoms with van der Waals surface area (Å²) >= 11 is 0. The van der Waals surface area contributed by atoms with Crippen molar-refractivity contribution >= 4 is 11.7 Å². The second-order valence-corrected chi connectivity index (χ2v) is 3.82. The van der Waals surface area contributed by atoms with Gasteiger partial charge in [0.25, 0.3) is 0 Å². The molecule has 0 fully saturated rings. The largest absolute Gasteiger partial charge is 0.481 e. The molecule has 6 heteroatoms. The van der Waals surface area contributed by atoms with Crippen LogP contribution in [0.15, 0.2) is 24.3 Å². The Labute approximate surface area is 103 Å². The lowest BCUT2D eigenvalue weighted by atomic mass is 10.1. The molecule has 0 amide bonds. The number of carboxylic acids is 1. The molecular weight excluding hydrogens is 247 g/mol. The molecule has 0 unspecified atom stereocenters. The Kier molecular flexibility index (Phi) is 5.00. The Morgan fingerprint density at radius 3 is 2.50 bits per heavy atom. The van der Waals surface area contributed by atoms with Crippen LogP contribution in [-0.2, 0) is 11.0 Å². The number of unbranched alkanes of at least 4 members (excludes halogenated alkanes) is 1. The van der Waals surface area contributed by atoms with Gasteiger partial charge in [-0.15, -0.1) is 0 Å². The number of aliphatic carboxylic acids is 1. The average Bonchev–Trinajstić information content (AvgIpc) is 2.27. The number of carbonyl (C=O) groups is 1. The SMILES string of the molecule is O=C(O)CCCCNc1ccccc1C(F)(F)F. The van der Waals surface area contributed by atoms with Crippen LogP contribution in [0.3, 0.4) is 0 Å². The van der Waals surface area contributed by atoms with Gasteiger partial charge in [-0.1, -0.05) is 12.1 Å². The minimum Gasteiger partial charge on any atom is -0.481 e. The summed E-state index contributed by atoms with van der Waals surface area (Å²) in [6.07, 6.45) is -3.40. The van der Waals surface area contributed by atoms with Gasteiger partial charge in [-0.05, 0) is 25.0 Å². The molecule has 18 heavy (non-hydrogen) atoms. The molecule has 100 valence electrons. The van der Waals surface area contributed by atoms with E-state index in [4.69, 9.17) is 5.11 Å². The highest BCUT2D eigenvalue weighted by molar-refractivity contribution is 5.66. The van der Waals surface area contributed by atoms with Gasteiger partial charge >= 0.3 is 12.1 Å². The van der Waals surface area contributed by atoms with Crippen molar-refractivity contribution in [3.8, 4) is 0 Å². The van der Waals surface area contributed by atoms with Gasteiger partial charge in [-0.2, -0.15) is 13.2 Å². The molecule has 0 aliphatic heterocycles. The Bertz CT molecular complexity index is 405. The summed E-state index contributed by atoms with van der Waals surface area (Å²) < 4.78 is 37.8. The number of alkyl halides is 3. The Morgan fingerprint density at radius 1 is 1.22 bits per heavy atom. The minimum atomic E-state index is -4.38. The fourth-order valence-electron chi connectivity index (χ4n) is 1.51. The summed E-state index contributed by atoms with van der Waals surface area (Å²) in [5.41, 5.74) is -0.677. The maximum absolute atomic E-state index is 12.6. The van der Waals surface area contributed by atoms with Crippen molar-refractivity contribution in [1.82, 2.24) is 0 Å². The van der Waals surface area contributed by atoms with Crippen molar-refractivity contribution in [3.63, 3.8) is 0 Å². The zero-order chi connectivity index (χ0) is 13.6. The standard InChI is InChI=1S/C12H14F3NO2/c13-12(14,15)9-5-1-2-6-10(9)16-8-4-3-7-11(17)18/h1-2,5-6,16H,3-4,7-8H2,(H,17,18). The average molecular weight is 261 g/mol. The monoisotopic (exact) mass is 261 g/mol. The van der Waals surface area contributed by atoms with Crippen LogP contribution in [0.5, 0.6) is 0 Å². The molecule has 0 bridgehead atoms. The van der Waals surface area contributed by atoms with Crippen molar-refractivity contribution in [2.45, 2.75) is 25.4 Å². The molecule has 2 N–H and O–H groups in total. The Hall–Kier alpha value is -1.72. The second-order valence-electron chi connectivity index (χ2n) is 3.82. The maximum atomic E-state index is 12.6. The molecule has 0 radical (unpaired) electrons. The van der Waals surface area contributed by atoms with Crippen LogP contribution in [-0.4, -0.2) is 17.6 Å². The third kappa shape index (κ3) is 4.65. The van der Waals surface area contributed by atoms with Crippen LogP contribution in [0.4, 0.5) is 18.9 Å². The smallest absolute Gasteiger partial charge is 0.418 e. The molecule has 0 saturated carbocycles. The maximum Gasteiger partial charge on any atom is 0.418 e. The number of carboxylic acid groups (broad SMARTS) is 1. The third-order valence-corrected chi connectivity index (χ3v) is 2.37. The Balaban J connectivity index is 2.50. The Morgan fingerprint density at radius 2 is 1.89 bits per heavy atom. The highest BCUT2D eigenvalue weighted by atomic mass is 19.4. The van der Waals surface area contributed by atoms with E-state index in [-0.39, 0.29) is 12.1 Å². The first kappa shape index (κ1) is 14.3. The first-order chi connectivity index (χ1) is 8.41. The quantitative estimate of drug-likeness (QED) is 0.772. The molecule has 1 aromatic carbocycles. The normalized spacial score (nSPS) is 11.3. The summed E-state index contributed by atoms with van der Waals surface area (Å²) in [5, 5.41) is 11.1. The summed E-state index contributed by atoms with van der Waals surface area (Å²) in [6.45, 7) is 0.320. The lowest BCUT2D eigenvalue weighted by Crippen LogP contribution is -2.11. The van der Waals surface area contributed by atoms with E-state index in [1.54, 1.807) is 0 Å². The first-order valence-corrected chi connectivity index (χ1v) is 5.53. The van der Waals surface area contributed by atoms with Crippen molar-refractivity contribution in [3.05, 3.63) is 29.8 Å². The summed E-state index contributed by atoms with van der Waals surface area (Å²) in [5.74, 6) is -0.898. The van der Waals surface area contributed by atoms with Crippen molar-refractivity contribution in [2.75, 3.05) is 11.9 Å². The van der Waals surface area contributed by atoms with Crippen LogP contribution in [0.1, 0.15) is 24.8 Å². The van der Waals surface area contributed by atoms with Gasteiger partial charge in [-0.3, -0.25) is 4.79 Å². The van der Waals surface area contributed by atoms with E-state index in [0.29, 0.717) is 19.4 Å². The lowest BCUT2D eigenvalue weighted by molar-refractivity contribution is -0.137. The predicted molar refractivity (Wildman–Crippen MR) is 61.4 cm³/mol. The van der Waals surface area contributed by atoms with Gasteiger partial charge in [0, 0.05) is 18.7 Å². The number of rotatable bonds is 6. The molecule has 0 atom stereocenters. The minimum absolute atomic E-state index is 0.0281. The number of hydrogen-bond donors (Lipinski definition) is 2. The molecule has 1 aromatic rings. The number of halogens is 3. The van der Waals surface area contributed by atoms with Gasteiger partial charge in [0.1, 0.15) is 0 Å². The molecule has 0 spiro atoms. The van der Waals surface area contributed by atoms with Crippen LogP contribution >= 0.6 is 0 Å². The van der Waals surface area contributed by atoms with E-state index < -0.39 is 17.7 Å². The summed E-state index contributed by atoms with van der Waals surface area (Å²) in [4.78, 5) is 10.2. The molecule has 0 aliphatic carbocycles. The van der Waals surface area contributed by atoms with E-state index in [1.807, 2.05) is 0 Å². The molecule has 0 heterocycles.